The van der Waals surface area contributed by atoms with Crippen LogP contribution in [0.3, 0.4) is 0 Å². The Bertz CT molecular complexity index is 237. The highest BCUT2D eigenvalue weighted by Crippen LogP contribution is 2.23. The van der Waals surface area contributed by atoms with Gasteiger partial charge in [0.2, 0.25) is 5.91 Å². The normalized spacial score (nSPS) is 33.3. The van der Waals surface area contributed by atoms with Crippen LogP contribution in [0.5, 0.6) is 0 Å². The summed E-state index contributed by atoms with van der Waals surface area (Å²) in [4.78, 5) is 14.0. The zero-order valence-electron chi connectivity index (χ0n) is 9.32. The third-order valence-electron chi connectivity index (χ3n) is 3.56. The number of nitrogens with zero attached hydrogens (tertiary/aromatic N) is 1. The van der Waals surface area contributed by atoms with Crippen molar-refractivity contribution in [3.63, 3.8) is 0 Å². The second kappa shape index (κ2) is 4.49. The summed E-state index contributed by atoms with van der Waals surface area (Å²) < 4.78 is 5.24. The molecule has 2 saturated heterocycles. The number of hydrogen-bond donors (Lipinski definition) is 1. The molecular formula is C11H20N2O2. The van der Waals surface area contributed by atoms with Crippen LogP contribution < -0.4 is 5.73 Å². The molecule has 3 atom stereocenters. The fourth-order valence-electron chi connectivity index (χ4n) is 2.40. The minimum Gasteiger partial charge on any atom is -0.381 e. The molecule has 0 bridgehead atoms. The van der Waals surface area contributed by atoms with Gasteiger partial charge in [-0.2, -0.15) is 0 Å². The van der Waals surface area contributed by atoms with E-state index < -0.39 is 0 Å². The molecule has 2 heterocycles. The zero-order chi connectivity index (χ0) is 10.8. The third kappa shape index (κ3) is 2.32. The van der Waals surface area contributed by atoms with Crippen LogP contribution in [0, 0.1) is 11.8 Å². The van der Waals surface area contributed by atoms with Gasteiger partial charge in [0.1, 0.15) is 0 Å². The lowest BCUT2D eigenvalue weighted by Gasteiger charge is -2.20. The lowest BCUT2D eigenvalue weighted by molar-refractivity contribution is -0.134. The summed E-state index contributed by atoms with van der Waals surface area (Å²) in [6, 6.07) is 0.197. The van der Waals surface area contributed by atoms with Gasteiger partial charge < -0.3 is 15.4 Å². The molecular weight excluding hydrogens is 192 g/mol. The van der Waals surface area contributed by atoms with Crippen LogP contribution in [-0.2, 0) is 9.53 Å². The Morgan fingerprint density at radius 1 is 1.53 bits per heavy atom. The van der Waals surface area contributed by atoms with E-state index in [0.29, 0.717) is 12.5 Å². The van der Waals surface area contributed by atoms with Crippen molar-refractivity contribution in [1.82, 2.24) is 4.90 Å². The van der Waals surface area contributed by atoms with Crippen LogP contribution in [-0.4, -0.2) is 43.2 Å². The van der Waals surface area contributed by atoms with Crippen molar-refractivity contribution in [2.45, 2.75) is 25.8 Å². The smallest absolute Gasteiger partial charge is 0.228 e. The van der Waals surface area contributed by atoms with Crippen molar-refractivity contribution in [2.75, 3.05) is 26.3 Å². The molecule has 2 aliphatic heterocycles. The highest BCUT2D eigenvalue weighted by Gasteiger charge is 2.33. The van der Waals surface area contributed by atoms with Gasteiger partial charge in [-0.3, -0.25) is 4.79 Å². The quantitative estimate of drug-likeness (QED) is 0.712. The van der Waals surface area contributed by atoms with Gasteiger partial charge in [-0.05, 0) is 25.7 Å². The number of nitrogens with two attached hydrogens (primary N) is 1. The van der Waals surface area contributed by atoms with Crippen molar-refractivity contribution in [3.8, 4) is 0 Å². The molecule has 3 unspecified atom stereocenters. The molecule has 86 valence electrons. The summed E-state index contributed by atoms with van der Waals surface area (Å²) in [6.45, 7) is 5.09. The van der Waals surface area contributed by atoms with E-state index in [1.807, 2.05) is 11.8 Å². The monoisotopic (exact) mass is 212 g/mol. The van der Waals surface area contributed by atoms with Gasteiger partial charge in [0.25, 0.3) is 0 Å². The molecule has 2 fully saturated rings. The number of carbonyl (C=O) groups is 1. The van der Waals surface area contributed by atoms with Gasteiger partial charge >= 0.3 is 0 Å². The molecule has 0 aliphatic carbocycles. The number of carbonyl (C=O) groups excluding carboxylic acids is 1. The largest absolute Gasteiger partial charge is 0.381 e. The summed E-state index contributed by atoms with van der Waals surface area (Å²) in [7, 11) is 0. The third-order valence-corrected chi connectivity index (χ3v) is 3.56. The summed E-state index contributed by atoms with van der Waals surface area (Å²) in [5.41, 5.74) is 5.85. The van der Waals surface area contributed by atoms with Gasteiger partial charge in [-0.15, -0.1) is 0 Å². The zero-order valence-corrected chi connectivity index (χ0v) is 9.32. The van der Waals surface area contributed by atoms with Gasteiger partial charge in [-0.1, -0.05) is 0 Å². The van der Waals surface area contributed by atoms with Gasteiger partial charge in [-0.25, -0.2) is 0 Å². The standard InChI is InChI=1S/C11H20N2O2/c1-8(12)9-2-4-13(6-9)11(14)10-3-5-15-7-10/h8-10H,2-7,12H2,1H3. The summed E-state index contributed by atoms with van der Waals surface area (Å²) in [5.74, 6) is 0.865. The number of hydrogen-bond acceptors (Lipinski definition) is 3. The van der Waals surface area contributed by atoms with Crippen molar-refractivity contribution in [1.29, 1.82) is 0 Å². The van der Waals surface area contributed by atoms with Crippen molar-refractivity contribution in [3.05, 3.63) is 0 Å². The second-order valence-corrected chi connectivity index (χ2v) is 4.75. The highest BCUT2D eigenvalue weighted by atomic mass is 16.5. The van der Waals surface area contributed by atoms with Crippen LogP contribution in [0.1, 0.15) is 19.8 Å². The molecule has 1 amide bonds. The maximum atomic E-state index is 12.0. The first-order valence-corrected chi connectivity index (χ1v) is 5.80. The van der Waals surface area contributed by atoms with E-state index in [1.165, 1.54) is 0 Å². The molecule has 4 nitrogen and oxygen atoms in total. The van der Waals surface area contributed by atoms with E-state index in [9.17, 15) is 4.79 Å². The topological polar surface area (TPSA) is 55.6 Å². The van der Waals surface area contributed by atoms with Crippen molar-refractivity contribution in [2.24, 2.45) is 17.6 Å². The van der Waals surface area contributed by atoms with E-state index in [0.717, 1.165) is 32.5 Å². The molecule has 2 N–H and O–H groups in total. The van der Waals surface area contributed by atoms with Crippen molar-refractivity contribution < 1.29 is 9.53 Å². The maximum Gasteiger partial charge on any atom is 0.228 e. The van der Waals surface area contributed by atoms with Gasteiger partial charge in [0, 0.05) is 25.7 Å². The molecule has 2 aliphatic rings. The molecule has 0 spiro atoms. The molecule has 0 saturated carbocycles. The molecule has 0 radical (unpaired) electrons. The SMILES string of the molecule is CC(N)C1CCN(C(=O)C2CCOC2)C1. The highest BCUT2D eigenvalue weighted by molar-refractivity contribution is 5.79. The second-order valence-electron chi connectivity index (χ2n) is 4.75. The van der Waals surface area contributed by atoms with Crippen LogP contribution in [0.15, 0.2) is 0 Å². The molecule has 2 rings (SSSR count). The van der Waals surface area contributed by atoms with Gasteiger partial charge in [0.05, 0.1) is 12.5 Å². The fourth-order valence-corrected chi connectivity index (χ4v) is 2.40. The Kier molecular flexibility index (Phi) is 3.26. The van der Waals surface area contributed by atoms with E-state index >= 15 is 0 Å². The first-order valence-electron chi connectivity index (χ1n) is 5.80. The lowest BCUT2D eigenvalue weighted by Crippen LogP contribution is -2.36. The summed E-state index contributed by atoms with van der Waals surface area (Å²) in [6.07, 6.45) is 1.94. The summed E-state index contributed by atoms with van der Waals surface area (Å²) >= 11 is 0. The number of rotatable bonds is 2. The predicted molar refractivity (Wildman–Crippen MR) is 57.3 cm³/mol. The Balaban J connectivity index is 1.87. The molecule has 0 aromatic rings. The molecule has 0 aromatic carbocycles. The van der Waals surface area contributed by atoms with E-state index in [1.54, 1.807) is 0 Å². The van der Waals surface area contributed by atoms with Crippen LogP contribution in [0.2, 0.25) is 0 Å². The Morgan fingerprint density at radius 3 is 2.87 bits per heavy atom. The van der Waals surface area contributed by atoms with Crippen LogP contribution in [0.4, 0.5) is 0 Å². The van der Waals surface area contributed by atoms with E-state index in [2.05, 4.69) is 0 Å². The van der Waals surface area contributed by atoms with E-state index in [-0.39, 0.29) is 17.9 Å². The lowest BCUT2D eigenvalue weighted by atomic mass is 10.0. The Morgan fingerprint density at radius 2 is 2.33 bits per heavy atom. The maximum absolute atomic E-state index is 12.0. The average Bonchev–Trinajstić information content (AvgIpc) is 2.88. The molecule has 0 aromatic heterocycles. The number of amides is 1. The molecule has 4 heteroatoms. The first-order chi connectivity index (χ1) is 7.18. The summed E-state index contributed by atoms with van der Waals surface area (Å²) in [5, 5.41) is 0. The fraction of sp³-hybridized carbons (Fsp3) is 0.909. The Hall–Kier alpha value is -0.610. The van der Waals surface area contributed by atoms with E-state index in [4.69, 9.17) is 10.5 Å². The minimum atomic E-state index is 0.108. The Labute approximate surface area is 90.8 Å². The minimum absolute atomic E-state index is 0.108. The molecule has 15 heavy (non-hydrogen) atoms. The van der Waals surface area contributed by atoms with Crippen LogP contribution in [0.25, 0.3) is 0 Å². The van der Waals surface area contributed by atoms with Crippen molar-refractivity contribution >= 4 is 5.91 Å². The number of ether oxygens (including phenoxy) is 1. The average molecular weight is 212 g/mol. The number of likely N-dealkylation sites (tertiary alicyclic amines) is 1. The van der Waals surface area contributed by atoms with Crippen LogP contribution >= 0.6 is 0 Å². The predicted octanol–water partition coefficient (Wildman–Crippen LogP) is 0.219. The first kappa shape index (κ1) is 10.9. The van der Waals surface area contributed by atoms with Gasteiger partial charge in [0.15, 0.2) is 0 Å².